The summed E-state index contributed by atoms with van der Waals surface area (Å²) in [5.74, 6) is 0.110. The first kappa shape index (κ1) is 17.5. The SMILES string of the molecule is CC(C)NC(=O)/C=C\c1ccc(OCc2ccc(F)cc2)c(N)c1. The van der Waals surface area contributed by atoms with Crippen molar-refractivity contribution in [2.75, 3.05) is 5.73 Å². The number of nitrogens with two attached hydrogens (primary N) is 1. The van der Waals surface area contributed by atoms with Gasteiger partial charge in [-0.15, -0.1) is 0 Å². The highest BCUT2D eigenvalue weighted by atomic mass is 19.1. The van der Waals surface area contributed by atoms with Crippen LogP contribution in [-0.4, -0.2) is 11.9 Å². The molecule has 0 atom stereocenters. The van der Waals surface area contributed by atoms with Gasteiger partial charge in [-0.05, 0) is 55.3 Å². The Morgan fingerprint density at radius 1 is 1.25 bits per heavy atom. The Bertz CT molecular complexity index is 725. The molecule has 126 valence electrons. The van der Waals surface area contributed by atoms with Gasteiger partial charge in [-0.3, -0.25) is 4.79 Å². The van der Waals surface area contributed by atoms with Crippen LogP contribution in [0, 0.1) is 5.82 Å². The Hall–Kier alpha value is -2.82. The average Bonchev–Trinajstić information content (AvgIpc) is 2.53. The molecule has 0 spiro atoms. The molecule has 0 radical (unpaired) electrons. The van der Waals surface area contributed by atoms with Crippen LogP contribution in [0.1, 0.15) is 25.0 Å². The van der Waals surface area contributed by atoms with Gasteiger partial charge in [0.2, 0.25) is 5.91 Å². The minimum absolute atomic E-state index is 0.0921. The van der Waals surface area contributed by atoms with E-state index in [1.54, 1.807) is 30.3 Å². The van der Waals surface area contributed by atoms with E-state index in [-0.39, 0.29) is 17.8 Å². The van der Waals surface area contributed by atoms with Crippen molar-refractivity contribution in [2.24, 2.45) is 0 Å². The predicted molar refractivity (Wildman–Crippen MR) is 93.9 cm³/mol. The standard InChI is InChI=1S/C19H21FN2O2/c1-13(2)22-19(23)10-6-14-5-9-18(17(21)11-14)24-12-15-3-7-16(20)8-4-15/h3-11,13H,12,21H2,1-2H3,(H,22,23)/b10-6-. The maximum Gasteiger partial charge on any atom is 0.244 e. The summed E-state index contributed by atoms with van der Waals surface area (Å²) in [4.78, 5) is 11.6. The first-order chi connectivity index (χ1) is 11.4. The van der Waals surface area contributed by atoms with E-state index in [2.05, 4.69) is 5.32 Å². The molecule has 5 heteroatoms. The Morgan fingerprint density at radius 2 is 1.96 bits per heavy atom. The second kappa shape index (κ2) is 8.15. The number of rotatable bonds is 6. The molecule has 0 aliphatic carbocycles. The number of ether oxygens (including phenoxy) is 1. The summed E-state index contributed by atoms with van der Waals surface area (Å²) in [5, 5.41) is 2.77. The number of carbonyl (C=O) groups excluding carboxylic acids is 1. The van der Waals surface area contributed by atoms with Crippen molar-refractivity contribution in [3.05, 3.63) is 65.5 Å². The van der Waals surface area contributed by atoms with Crippen molar-refractivity contribution in [3.8, 4) is 5.75 Å². The molecule has 0 bridgehead atoms. The molecule has 0 aliphatic rings. The van der Waals surface area contributed by atoms with Gasteiger partial charge in [0, 0.05) is 12.1 Å². The summed E-state index contributed by atoms with van der Waals surface area (Å²) < 4.78 is 18.5. The Balaban J connectivity index is 1.97. The zero-order chi connectivity index (χ0) is 17.5. The molecule has 2 aromatic carbocycles. The number of nitrogen functional groups attached to an aromatic ring is 1. The first-order valence-corrected chi connectivity index (χ1v) is 7.69. The molecule has 2 aromatic rings. The van der Waals surface area contributed by atoms with Gasteiger partial charge in [0.25, 0.3) is 0 Å². The van der Waals surface area contributed by atoms with E-state index in [1.165, 1.54) is 18.2 Å². The number of nitrogens with one attached hydrogen (secondary N) is 1. The minimum atomic E-state index is -0.282. The van der Waals surface area contributed by atoms with Crippen molar-refractivity contribution in [3.63, 3.8) is 0 Å². The van der Waals surface area contributed by atoms with Crippen molar-refractivity contribution < 1.29 is 13.9 Å². The molecule has 0 saturated heterocycles. The molecule has 4 nitrogen and oxygen atoms in total. The largest absolute Gasteiger partial charge is 0.487 e. The number of halogens is 1. The second-order valence-corrected chi connectivity index (χ2v) is 5.71. The lowest BCUT2D eigenvalue weighted by Crippen LogP contribution is -2.28. The maximum atomic E-state index is 12.9. The average molecular weight is 328 g/mol. The normalized spacial score (nSPS) is 11.0. The third-order valence-corrected chi connectivity index (χ3v) is 3.20. The zero-order valence-corrected chi connectivity index (χ0v) is 13.8. The topological polar surface area (TPSA) is 64.3 Å². The van der Waals surface area contributed by atoms with Crippen molar-refractivity contribution in [1.82, 2.24) is 5.32 Å². The fourth-order valence-corrected chi connectivity index (χ4v) is 2.05. The number of hydrogen-bond donors (Lipinski definition) is 2. The third kappa shape index (κ3) is 5.43. The third-order valence-electron chi connectivity index (χ3n) is 3.20. The molecule has 1 amide bonds. The fraction of sp³-hybridized carbons (Fsp3) is 0.211. The lowest BCUT2D eigenvalue weighted by atomic mass is 10.1. The van der Waals surface area contributed by atoms with Crippen molar-refractivity contribution >= 4 is 17.7 Å². The lowest BCUT2D eigenvalue weighted by Gasteiger charge is -2.10. The van der Waals surface area contributed by atoms with Gasteiger partial charge in [0.05, 0.1) is 5.69 Å². The van der Waals surface area contributed by atoms with E-state index >= 15 is 0 Å². The molecular weight excluding hydrogens is 307 g/mol. The highest BCUT2D eigenvalue weighted by Gasteiger charge is 2.03. The summed E-state index contributed by atoms with van der Waals surface area (Å²) in [6.45, 7) is 4.10. The smallest absolute Gasteiger partial charge is 0.244 e. The van der Waals surface area contributed by atoms with E-state index < -0.39 is 0 Å². The van der Waals surface area contributed by atoms with E-state index in [9.17, 15) is 9.18 Å². The van der Waals surface area contributed by atoms with Crippen LogP contribution in [0.2, 0.25) is 0 Å². The van der Waals surface area contributed by atoms with Gasteiger partial charge in [0.1, 0.15) is 18.2 Å². The highest BCUT2D eigenvalue weighted by molar-refractivity contribution is 5.92. The minimum Gasteiger partial charge on any atom is -0.487 e. The Morgan fingerprint density at radius 3 is 2.58 bits per heavy atom. The Labute approximate surface area is 141 Å². The van der Waals surface area contributed by atoms with Crippen LogP contribution in [0.5, 0.6) is 5.75 Å². The fourth-order valence-electron chi connectivity index (χ4n) is 2.05. The van der Waals surface area contributed by atoms with Gasteiger partial charge in [0.15, 0.2) is 0 Å². The summed E-state index contributed by atoms with van der Waals surface area (Å²) in [5.41, 5.74) is 8.11. The number of hydrogen-bond acceptors (Lipinski definition) is 3. The first-order valence-electron chi connectivity index (χ1n) is 7.69. The number of carbonyl (C=O) groups is 1. The van der Waals surface area contributed by atoms with Gasteiger partial charge in [-0.2, -0.15) is 0 Å². The molecule has 2 rings (SSSR count). The summed E-state index contributed by atoms with van der Waals surface area (Å²) in [6, 6.07) is 11.5. The van der Waals surface area contributed by atoms with E-state index in [4.69, 9.17) is 10.5 Å². The molecule has 0 fully saturated rings. The molecular formula is C19H21FN2O2. The van der Waals surface area contributed by atoms with Crippen LogP contribution < -0.4 is 15.8 Å². The summed E-state index contributed by atoms with van der Waals surface area (Å²) in [6.07, 6.45) is 3.16. The molecule has 0 unspecified atom stereocenters. The maximum absolute atomic E-state index is 12.9. The molecule has 0 heterocycles. The molecule has 0 saturated carbocycles. The molecule has 3 N–H and O–H groups in total. The predicted octanol–water partition coefficient (Wildman–Crippen LogP) is 3.52. The van der Waals surface area contributed by atoms with Gasteiger partial charge < -0.3 is 15.8 Å². The summed E-state index contributed by atoms with van der Waals surface area (Å²) >= 11 is 0. The van der Waals surface area contributed by atoms with E-state index in [0.29, 0.717) is 18.0 Å². The van der Waals surface area contributed by atoms with Crippen molar-refractivity contribution in [1.29, 1.82) is 0 Å². The van der Waals surface area contributed by atoms with Gasteiger partial charge >= 0.3 is 0 Å². The number of benzene rings is 2. The van der Waals surface area contributed by atoms with Crippen molar-refractivity contribution in [2.45, 2.75) is 26.5 Å². The molecule has 0 aliphatic heterocycles. The van der Waals surface area contributed by atoms with Crippen LogP contribution in [0.3, 0.4) is 0 Å². The molecule has 0 aromatic heterocycles. The zero-order valence-electron chi connectivity index (χ0n) is 13.8. The molecule has 24 heavy (non-hydrogen) atoms. The summed E-state index contributed by atoms with van der Waals surface area (Å²) in [7, 11) is 0. The number of amides is 1. The number of anilines is 1. The van der Waals surface area contributed by atoms with E-state index in [0.717, 1.165) is 11.1 Å². The van der Waals surface area contributed by atoms with E-state index in [1.807, 2.05) is 19.9 Å². The van der Waals surface area contributed by atoms with Crippen LogP contribution in [-0.2, 0) is 11.4 Å². The second-order valence-electron chi connectivity index (χ2n) is 5.71. The van der Waals surface area contributed by atoms with Crippen LogP contribution >= 0.6 is 0 Å². The van der Waals surface area contributed by atoms with Crippen LogP contribution in [0.25, 0.3) is 6.08 Å². The lowest BCUT2D eigenvalue weighted by molar-refractivity contribution is -0.116. The monoisotopic (exact) mass is 328 g/mol. The highest BCUT2D eigenvalue weighted by Crippen LogP contribution is 2.24. The van der Waals surface area contributed by atoms with Crippen LogP contribution in [0.4, 0.5) is 10.1 Å². The van der Waals surface area contributed by atoms with Gasteiger partial charge in [-0.1, -0.05) is 18.2 Å². The van der Waals surface area contributed by atoms with Gasteiger partial charge in [-0.25, -0.2) is 4.39 Å². The van der Waals surface area contributed by atoms with Crippen LogP contribution in [0.15, 0.2) is 48.5 Å². The quantitative estimate of drug-likeness (QED) is 0.630. The Kier molecular flexibility index (Phi) is 5.95.